The molecule has 0 N–H and O–H groups in total. The molecule has 5 aromatic rings. The van der Waals surface area contributed by atoms with Gasteiger partial charge >= 0.3 is 0 Å². The average molecular weight is 405 g/mol. The standard InChI is InChI=1S/C27H20NOP/c29-30(25-12-6-2-7-13-25,26-14-8-3-9-15-26)27-19-23-17-16-22(18-24(23)20-28-27)21-10-4-1-5-11-21/h1-20H. The molecule has 0 aliphatic heterocycles. The summed E-state index contributed by atoms with van der Waals surface area (Å²) in [6.45, 7) is 0. The van der Waals surface area contributed by atoms with Crippen molar-refractivity contribution in [2.75, 3.05) is 0 Å². The van der Waals surface area contributed by atoms with E-state index in [1.165, 1.54) is 5.56 Å². The average Bonchev–Trinajstić information content (AvgIpc) is 2.84. The lowest BCUT2D eigenvalue weighted by atomic mass is 10.0. The summed E-state index contributed by atoms with van der Waals surface area (Å²) < 4.78 is 14.5. The van der Waals surface area contributed by atoms with E-state index in [9.17, 15) is 4.57 Å². The van der Waals surface area contributed by atoms with Crippen molar-refractivity contribution in [2.24, 2.45) is 0 Å². The highest BCUT2D eigenvalue weighted by Gasteiger charge is 2.31. The third kappa shape index (κ3) is 3.26. The lowest BCUT2D eigenvalue weighted by Crippen LogP contribution is -2.26. The lowest BCUT2D eigenvalue weighted by molar-refractivity contribution is 0.592. The fourth-order valence-corrected chi connectivity index (χ4v) is 6.35. The Kier molecular flexibility index (Phi) is 4.78. The van der Waals surface area contributed by atoms with E-state index in [1.807, 2.05) is 91.1 Å². The second-order valence-electron chi connectivity index (χ2n) is 7.25. The van der Waals surface area contributed by atoms with Crippen molar-refractivity contribution >= 4 is 34.0 Å². The zero-order valence-electron chi connectivity index (χ0n) is 16.3. The van der Waals surface area contributed by atoms with Crippen LogP contribution in [0.1, 0.15) is 0 Å². The predicted octanol–water partition coefficient (Wildman–Crippen LogP) is 5.54. The lowest BCUT2D eigenvalue weighted by Gasteiger charge is -2.19. The summed E-state index contributed by atoms with van der Waals surface area (Å²) >= 11 is 0. The molecule has 30 heavy (non-hydrogen) atoms. The minimum atomic E-state index is -3.06. The fraction of sp³-hybridized carbons (Fsp3) is 0. The van der Waals surface area contributed by atoms with Gasteiger partial charge < -0.3 is 4.57 Å². The van der Waals surface area contributed by atoms with Gasteiger partial charge in [-0.25, -0.2) is 0 Å². The summed E-state index contributed by atoms with van der Waals surface area (Å²) in [5.74, 6) is 0. The maximum atomic E-state index is 14.5. The molecule has 1 heterocycles. The summed E-state index contributed by atoms with van der Waals surface area (Å²) in [5, 5.41) is 3.66. The van der Waals surface area contributed by atoms with Gasteiger partial charge in [-0.1, -0.05) is 103 Å². The first kappa shape index (κ1) is 18.5. The van der Waals surface area contributed by atoms with E-state index in [0.29, 0.717) is 5.44 Å². The van der Waals surface area contributed by atoms with Gasteiger partial charge in [-0.3, -0.25) is 4.98 Å². The molecule has 0 spiro atoms. The highest BCUT2D eigenvalue weighted by Crippen LogP contribution is 2.42. The van der Waals surface area contributed by atoms with Crippen LogP contribution in [0.5, 0.6) is 0 Å². The summed E-state index contributed by atoms with van der Waals surface area (Å²) in [6.07, 6.45) is 1.84. The number of aromatic nitrogens is 1. The monoisotopic (exact) mass is 405 g/mol. The van der Waals surface area contributed by atoms with Crippen LogP contribution in [0.25, 0.3) is 21.9 Å². The van der Waals surface area contributed by atoms with Crippen LogP contribution in [0.4, 0.5) is 0 Å². The Bertz CT molecular complexity index is 1310. The predicted molar refractivity (Wildman–Crippen MR) is 127 cm³/mol. The molecule has 0 saturated heterocycles. The van der Waals surface area contributed by atoms with Crippen LogP contribution >= 0.6 is 7.14 Å². The van der Waals surface area contributed by atoms with Crippen molar-refractivity contribution in [3.05, 3.63) is 121 Å². The second-order valence-corrected chi connectivity index (χ2v) is 9.96. The molecule has 0 atom stereocenters. The van der Waals surface area contributed by atoms with Crippen LogP contribution < -0.4 is 16.0 Å². The maximum Gasteiger partial charge on any atom is 0.188 e. The van der Waals surface area contributed by atoms with Crippen LogP contribution in [0.3, 0.4) is 0 Å². The van der Waals surface area contributed by atoms with Crippen molar-refractivity contribution < 1.29 is 4.57 Å². The molecule has 0 unspecified atom stereocenters. The molecular formula is C27H20NOP. The van der Waals surface area contributed by atoms with Gasteiger partial charge in [-0.05, 0) is 28.6 Å². The number of benzene rings is 4. The van der Waals surface area contributed by atoms with E-state index in [1.54, 1.807) is 0 Å². The number of pyridine rings is 1. The smallest absolute Gasteiger partial charge is 0.188 e. The maximum absolute atomic E-state index is 14.5. The van der Waals surface area contributed by atoms with Gasteiger partial charge in [0.15, 0.2) is 7.14 Å². The Labute approximate surface area is 176 Å². The second kappa shape index (κ2) is 7.74. The molecule has 0 saturated carbocycles. The molecule has 0 radical (unpaired) electrons. The Morgan fingerprint density at radius 2 is 1.10 bits per heavy atom. The van der Waals surface area contributed by atoms with Crippen molar-refractivity contribution in [3.63, 3.8) is 0 Å². The number of nitrogens with zero attached hydrogens (tertiary/aromatic N) is 1. The van der Waals surface area contributed by atoms with Crippen molar-refractivity contribution in [2.45, 2.75) is 0 Å². The van der Waals surface area contributed by atoms with Gasteiger partial charge in [0.05, 0.1) is 0 Å². The molecule has 0 aliphatic rings. The Hall–Kier alpha value is -3.48. The van der Waals surface area contributed by atoms with E-state index < -0.39 is 7.14 Å². The van der Waals surface area contributed by atoms with E-state index in [2.05, 4.69) is 30.3 Å². The molecule has 0 bridgehead atoms. The van der Waals surface area contributed by atoms with Crippen molar-refractivity contribution in [1.29, 1.82) is 0 Å². The highest BCUT2D eigenvalue weighted by molar-refractivity contribution is 7.85. The number of hydrogen-bond acceptors (Lipinski definition) is 2. The van der Waals surface area contributed by atoms with Crippen LogP contribution in [0.2, 0.25) is 0 Å². The molecule has 1 aromatic heterocycles. The van der Waals surface area contributed by atoms with Gasteiger partial charge in [-0.15, -0.1) is 0 Å². The Morgan fingerprint density at radius 1 is 0.533 bits per heavy atom. The molecule has 0 amide bonds. The summed E-state index contributed by atoms with van der Waals surface area (Å²) in [4.78, 5) is 4.70. The van der Waals surface area contributed by atoms with Gasteiger partial charge in [0, 0.05) is 22.2 Å². The SMILES string of the molecule is O=P(c1ccccc1)(c1ccccc1)c1cc2ccc(-c3ccccc3)cc2cn1. The topological polar surface area (TPSA) is 30.0 Å². The molecule has 0 fully saturated rings. The molecule has 0 aliphatic carbocycles. The molecule has 3 heteroatoms. The molecule has 144 valence electrons. The van der Waals surface area contributed by atoms with Crippen LogP contribution in [0, 0.1) is 0 Å². The largest absolute Gasteiger partial charge is 0.307 e. The van der Waals surface area contributed by atoms with E-state index in [-0.39, 0.29) is 0 Å². The highest BCUT2D eigenvalue weighted by atomic mass is 31.2. The van der Waals surface area contributed by atoms with E-state index in [0.717, 1.165) is 26.9 Å². The summed E-state index contributed by atoms with van der Waals surface area (Å²) in [5.41, 5.74) is 2.93. The number of rotatable bonds is 4. The Morgan fingerprint density at radius 3 is 1.70 bits per heavy atom. The minimum Gasteiger partial charge on any atom is -0.307 e. The minimum absolute atomic E-state index is 0.611. The summed E-state index contributed by atoms with van der Waals surface area (Å²) in [7, 11) is -3.06. The van der Waals surface area contributed by atoms with Gasteiger partial charge in [-0.2, -0.15) is 0 Å². The first-order valence-corrected chi connectivity index (χ1v) is 11.6. The third-order valence-electron chi connectivity index (χ3n) is 5.38. The van der Waals surface area contributed by atoms with Crippen LogP contribution in [-0.4, -0.2) is 4.98 Å². The Balaban J connectivity index is 1.67. The van der Waals surface area contributed by atoms with E-state index in [4.69, 9.17) is 4.98 Å². The normalized spacial score (nSPS) is 11.5. The van der Waals surface area contributed by atoms with Gasteiger partial charge in [0.25, 0.3) is 0 Å². The first-order chi connectivity index (χ1) is 14.7. The third-order valence-corrected chi connectivity index (χ3v) is 8.32. The molecule has 5 rings (SSSR count). The summed E-state index contributed by atoms with van der Waals surface area (Å²) in [6, 6.07) is 37.9. The molecule has 2 nitrogen and oxygen atoms in total. The van der Waals surface area contributed by atoms with Crippen molar-refractivity contribution in [1.82, 2.24) is 4.98 Å². The number of hydrogen-bond donors (Lipinski definition) is 0. The van der Waals surface area contributed by atoms with Crippen LogP contribution in [0.15, 0.2) is 121 Å². The van der Waals surface area contributed by atoms with Gasteiger partial charge in [0.1, 0.15) is 5.44 Å². The number of fused-ring (bicyclic) bond motifs is 1. The fourth-order valence-electron chi connectivity index (χ4n) is 3.80. The molecule has 4 aromatic carbocycles. The van der Waals surface area contributed by atoms with Gasteiger partial charge in [0.2, 0.25) is 0 Å². The van der Waals surface area contributed by atoms with E-state index >= 15 is 0 Å². The van der Waals surface area contributed by atoms with Crippen molar-refractivity contribution in [3.8, 4) is 11.1 Å². The quantitative estimate of drug-likeness (QED) is 0.368. The first-order valence-electron chi connectivity index (χ1n) is 9.92. The zero-order chi connectivity index (χ0) is 20.4. The van der Waals surface area contributed by atoms with Crippen LogP contribution in [-0.2, 0) is 4.57 Å². The zero-order valence-corrected chi connectivity index (χ0v) is 17.2. The molecular weight excluding hydrogens is 385 g/mol.